The van der Waals surface area contributed by atoms with E-state index in [0.29, 0.717) is 23.6 Å². The molecule has 0 saturated carbocycles. The monoisotopic (exact) mass is 369 g/mol. The van der Waals surface area contributed by atoms with E-state index in [9.17, 15) is 14.9 Å². The van der Waals surface area contributed by atoms with Crippen LogP contribution in [0.25, 0.3) is 0 Å². The Morgan fingerprint density at radius 1 is 1.07 bits per heavy atom. The highest BCUT2D eigenvalue weighted by molar-refractivity contribution is 5.94. The fourth-order valence-corrected chi connectivity index (χ4v) is 3.09. The van der Waals surface area contributed by atoms with Crippen LogP contribution in [0.4, 0.5) is 5.69 Å². The van der Waals surface area contributed by atoms with Gasteiger partial charge in [0, 0.05) is 30.8 Å². The number of nitrogens with zero attached hydrogens (tertiary/aromatic N) is 2. The molecule has 1 saturated heterocycles. The zero-order valence-electron chi connectivity index (χ0n) is 15.1. The summed E-state index contributed by atoms with van der Waals surface area (Å²) in [5.41, 5.74) is 0.525. The van der Waals surface area contributed by atoms with E-state index < -0.39 is 4.92 Å². The molecule has 142 valence electrons. The molecule has 0 spiro atoms. The van der Waals surface area contributed by atoms with Crippen LogP contribution in [-0.2, 0) is 0 Å². The minimum atomic E-state index is -0.460. The van der Waals surface area contributed by atoms with Crippen molar-refractivity contribution in [3.05, 3.63) is 64.2 Å². The van der Waals surface area contributed by atoms with Crippen LogP contribution in [0.15, 0.2) is 48.5 Å². The summed E-state index contributed by atoms with van der Waals surface area (Å²) in [6.45, 7) is 3.69. The summed E-state index contributed by atoms with van der Waals surface area (Å²) in [6, 6.07) is 12.7. The highest BCUT2D eigenvalue weighted by atomic mass is 16.6. The summed E-state index contributed by atoms with van der Waals surface area (Å²) in [5, 5.41) is 13.6. The van der Waals surface area contributed by atoms with Crippen LogP contribution in [0.2, 0.25) is 0 Å². The van der Waals surface area contributed by atoms with E-state index in [1.165, 1.54) is 43.5 Å². The lowest BCUT2D eigenvalue weighted by Crippen LogP contribution is -2.37. The lowest BCUT2D eigenvalue weighted by atomic mass is 10.1. The molecule has 0 aromatic heterocycles. The molecule has 1 aliphatic heterocycles. The third-order valence-corrected chi connectivity index (χ3v) is 4.54. The van der Waals surface area contributed by atoms with Gasteiger partial charge < -0.3 is 15.0 Å². The van der Waals surface area contributed by atoms with Crippen LogP contribution in [0.3, 0.4) is 0 Å². The van der Waals surface area contributed by atoms with Gasteiger partial charge in [0.2, 0.25) is 0 Å². The number of carbonyl (C=O) groups is 1. The van der Waals surface area contributed by atoms with E-state index in [4.69, 9.17) is 4.74 Å². The van der Waals surface area contributed by atoms with Crippen molar-refractivity contribution < 1.29 is 14.5 Å². The standard InChI is InChI=1S/C20H23N3O4/c24-20(21-11-14-22-12-2-1-3-13-22)16-5-4-6-19(15-16)27-18-9-7-17(8-10-18)23(25)26/h4-10,15H,1-3,11-14H2,(H,21,24). The predicted molar refractivity (Wildman–Crippen MR) is 102 cm³/mol. The normalized spacial score (nSPS) is 14.5. The van der Waals surface area contributed by atoms with Gasteiger partial charge in [-0.05, 0) is 56.3 Å². The molecule has 1 N–H and O–H groups in total. The maximum atomic E-state index is 12.4. The van der Waals surface area contributed by atoms with Gasteiger partial charge in [-0.1, -0.05) is 12.5 Å². The number of likely N-dealkylation sites (tertiary alicyclic amines) is 1. The fraction of sp³-hybridized carbons (Fsp3) is 0.350. The first-order chi connectivity index (χ1) is 13.1. The summed E-state index contributed by atoms with van der Waals surface area (Å²) in [6.07, 6.45) is 3.76. The van der Waals surface area contributed by atoms with Crippen molar-refractivity contribution >= 4 is 11.6 Å². The molecule has 0 bridgehead atoms. The Hall–Kier alpha value is -2.93. The molecule has 0 atom stereocenters. The molecule has 1 aliphatic rings. The molecule has 7 heteroatoms. The maximum absolute atomic E-state index is 12.4. The number of carbonyl (C=O) groups excluding carboxylic acids is 1. The van der Waals surface area contributed by atoms with Crippen molar-refractivity contribution in [3.63, 3.8) is 0 Å². The Morgan fingerprint density at radius 2 is 1.81 bits per heavy atom. The third-order valence-electron chi connectivity index (χ3n) is 4.54. The Kier molecular flexibility index (Phi) is 6.38. The van der Waals surface area contributed by atoms with Crippen LogP contribution in [-0.4, -0.2) is 41.9 Å². The first kappa shape index (κ1) is 18.8. The van der Waals surface area contributed by atoms with Crippen molar-refractivity contribution in [2.45, 2.75) is 19.3 Å². The molecule has 1 heterocycles. The van der Waals surface area contributed by atoms with Gasteiger partial charge in [0.25, 0.3) is 11.6 Å². The SMILES string of the molecule is O=C(NCCN1CCCCC1)c1cccc(Oc2ccc([N+](=O)[O-])cc2)c1. The van der Waals surface area contributed by atoms with E-state index in [-0.39, 0.29) is 11.6 Å². The number of nitro groups is 1. The van der Waals surface area contributed by atoms with E-state index in [1.54, 1.807) is 24.3 Å². The quantitative estimate of drug-likeness (QED) is 0.595. The lowest BCUT2D eigenvalue weighted by Gasteiger charge is -2.26. The molecule has 1 fully saturated rings. The Labute approximate surface area is 158 Å². The molecule has 1 amide bonds. The van der Waals surface area contributed by atoms with Crippen LogP contribution in [0.1, 0.15) is 29.6 Å². The van der Waals surface area contributed by atoms with Crippen LogP contribution >= 0.6 is 0 Å². The number of nitro benzene ring substituents is 1. The van der Waals surface area contributed by atoms with Crippen LogP contribution < -0.4 is 10.1 Å². The number of nitrogens with one attached hydrogen (secondary N) is 1. The molecule has 0 aliphatic carbocycles. The Morgan fingerprint density at radius 3 is 2.52 bits per heavy atom. The predicted octanol–water partition coefficient (Wildman–Crippen LogP) is 3.60. The Balaban J connectivity index is 1.54. The van der Waals surface area contributed by atoms with Gasteiger partial charge in [0.05, 0.1) is 4.92 Å². The smallest absolute Gasteiger partial charge is 0.269 e. The molecule has 7 nitrogen and oxygen atoms in total. The number of benzene rings is 2. The minimum Gasteiger partial charge on any atom is -0.457 e. The van der Waals surface area contributed by atoms with Crippen molar-refractivity contribution in [3.8, 4) is 11.5 Å². The van der Waals surface area contributed by atoms with Crippen molar-refractivity contribution in [1.82, 2.24) is 10.2 Å². The molecule has 2 aromatic rings. The van der Waals surface area contributed by atoms with Crippen molar-refractivity contribution in [2.24, 2.45) is 0 Å². The van der Waals surface area contributed by atoms with Gasteiger partial charge in [0.15, 0.2) is 0 Å². The maximum Gasteiger partial charge on any atom is 0.269 e. The first-order valence-electron chi connectivity index (χ1n) is 9.15. The van der Waals surface area contributed by atoms with E-state index in [0.717, 1.165) is 19.6 Å². The van der Waals surface area contributed by atoms with Crippen LogP contribution in [0.5, 0.6) is 11.5 Å². The summed E-state index contributed by atoms with van der Waals surface area (Å²) in [5.74, 6) is 0.844. The first-order valence-corrected chi connectivity index (χ1v) is 9.15. The number of amides is 1. The van der Waals surface area contributed by atoms with E-state index in [1.807, 2.05) is 0 Å². The van der Waals surface area contributed by atoms with Gasteiger partial charge in [-0.15, -0.1) is 0 Å². The van der Waals surface area contributed by atoms with Crippen molar-refractivity contribution in [1.29, 1.82) is 0 Å². The molecular weight excluding hydrogens is 346 g/mol. The minimum absolute atomic E-state index is 0.00387. The Bertz CT molecular complexity index is 786. The fourth-order valence-electron chi connectivity index (χ4n) is 3.09. The van der Waals surface area contributed by atoms with Crippen molar-refractivity contribution in [2.75, 3.05) is 26.2 Å². The molecule has 0 unspecified atom stereocenters. The number of non-ortho nitro benzene ring substituents is 1. The van der Waals surface area contributed by atoms with E-state index in [2.05, 4.69) is 10.2 Å². The van der Waals surface area contributed by atoms with Gasteiger partial charge >= 0.3 is 0 Å². The zero-order chi connectivity index (χ0) is 19.1. The molecule has 0 radical (unpaired) electrons. The number of ether oxygens (including phenoxy) is 1. The topological polar surface area (TPSA) is 84.7 Å². The average Bonchev–Trinajstić information content (AvgIpc) is 2.69. The summed E-state index contributed by atoms with van der Waals surface area (Å²) in [7, 11) is 0. The highest BCUT2D eigenvalue weighted by Crippen LogP contribution is 2.24. The molecule has 3 rings (SSSR count). The summed E-state index contributed by atoms with van der Waals surface area (Å²) in [4.78, 5) is 25.0. The van der Waals surface area contributed by atoms with E-state index >= 15 is 0 Å². The summed E-state index contributed by atoms with van der Waals surface area (Å²) >= 11 is 0. The number of piperidine rings is 1. The second kappa shape index (κ2) is 9.14. The van der Waals surface area contributed by atoms with Gasteiger partial charge in [-0.3, -0.25) is 14.9 Å². The average molecular weight is 369 g/mol. The third kappa shape index (κ3) is 5.52. The second-order valence-corrected chi connectivity index (χ2v) is 6.54. The number of hydrogen-bond acceptors (Lipinski definition) is 5. The van der Waals surface area contributed by atoms with Gasteiger partial charge in [-0.2, -0.15) is 0 Å². The largest absolute Gasteiger partial charge is 0.457 e. The van der Waals surface area contributed by atoms with Gasteiger partial charge in [0.1, 0.15) is 11.5 Å². The summed E-state index contributed by atoms with van der Waals surface area (Å²) < 4.78 is 5.69. The number of rotatable bonds is 7. The molecule has 2 aromatic carbocycles. The lowest BCUT2D eigenvalue weighted by molar-refractivity contribution is -0.384. The van der Waals surface area contributed by atoms with Gasteiger partial charge in [-0.25, -0.2) is 0 Å². The zero-order valence-corrected chi connectivity index (χ0v) is 15.1. The number of hydrogen-bond donors (Lipinski definition) is 1. The molecule has 27 heavy (non-hydrogen) atoms. The molecular formula is C20H23N3O4. The highest BCUT2D eigenvalue weighted by Gasteiger charge is 2.11. The second-order valence-electron chi connectivity index (χ2n) is 6.54. The van der Waals surface area contributed by atoms with Crippen LogP contribution in [0, 0.1) is 10.1 Å².